The molecular formula is C16H23N3O2. The van der Waals surface area contributed by atoms with Gasteiger partial charge in [0.25, 0.3) is 0 Å². The van der Waals surface area contributed by atoms with Gasteiger partial charge in [-0.25, -0.2) is 0 Å². The van der Waals surface area contributed by atoms with Crippen molar-refractivity contribution in [1.82, 2.24) is 14.7 Å². The molecule has 0 aliphatic heterocycles. The van der Waals surface area contributed by atoms with E-state index in [-0.39, 0.29) is 5.75 Å². The highest BCUT2D eigenvalue weighted by Gasteiger charge is 2.14. The summed E-state index contributed by atoms with van der Waals surface area (Å²) in [7, 11) is 0. The number of aromatic nitrogens is 2. The molecule has 0 fully saturated rings. The van der Waals surface area contributed by atoms with Crippen molar-refractivity contribution in [3.05, 3.63) is 47.8 Å². The monoisotopic (exact) mass is 289 g/mol. The fourth-order valence-corrected chi connectivity index (χ4v) is 2.28. The number of aliphatic hydroxyl groups is 1. The van der Waals surface area contributed by atoms with Crippen molar-refractivity contribution < 1.29 is 10.2 Å². The molecule has 0 radical (unpaired) electrons. The van der Waals surface area contributed by atoms with E-state index in [0.29, 0.717) is 13.1 Å². The summed E-state index contributed by atoms with van der Waals surface area (Å²) in [6.45, 7) is 7.03. The molecule has 0 aliphatic carbocycles. The van der Waals surface area contributed by atoms with Gasteiger partial charge in [0.2, 0.25) is 0 Å². The number of aryl methyl sites for hydroxylation is 1. The van der Waals surface area contributed by atoms with E-state index in [1.807, 2.05) is 23.0 Å². The first-order valence-electron chi connectivity index (χ1n) is 7.34. The Hall–Kier alpha value is -1.85. The topological polar surface area (TPSA) is 61.5 Å². The van der Waals surface area contributed by atoms with Crippen LogP contribution in [0.5, 0.6) is 5.75 Å². The molecule has 0 bridgehead atoms. The summed E-state index contributed by atoms with van der Waals surface area (Å²) in [5, 5.41) is 24.2. The van der Waals surface area contributed by atoms with E-state index >= 15 is 0 Å². The van der Waals surface area contributed by atoms with Crippen LogP contribution in [0.3, 0.4) is 0 Å². The van der Waals surface area contributed by atoms with Crippen molar-refractivity contribution in [1.29, 1.82) is 0 Å². The lowest BCUT2D eigenvalue weighted by molar-refractivity contribution is 0.111. The lowest BCUT2D eigenvalue weighted by atomic mass is 10.1. The highest BCUT2D eigenvalue weighted by atomic mass is 16.3. The maximum absolute atomic E-state index is 10.3. The van der Waals surface area contributed by atoms with Crippen LogP contribution in [0.15, 0.2) is 36.5 Å². The van der Waals surface area contributed by atoms with Gasteiger partial charge in [-0.1, -0.05) is 19.1 Å². The summed E-state index contributed by atoms with van der Waals surface area (Å²) < 4.78 is 1.90. The Bertz CT molecular complexity index is 568. The maximum Gasteiger partial charge on any atom is 0.115 e. The predicted octanol–water partition coefficient (Wildman–Crippen LogP) is 2.16. The second-order valence-corrected chi connectivity index (χ2v) is 5.10. The minimum absolute atomic E-state index is 0.177. The lowest BCUT2D eigenvalue weighted by Gasteiger charge is -2.23. The second kappa shape index (κ2) is 7.24. The number of hydrogen-bond donors (Lipinski definition) is 2. The van der Waals surface area contributed by atoms with Gasteiger partial charge in [-0.05, 0) is 37.2 Å². The van der Waals surface area contributed by atoms with E-state index < -0.39 is 6.10 Å². The highest BCUT2D eigenvalue weighted by Crippen LogP contribution is 2.19. The molecule has 1 aromatic heterocycles. The normalized spacial score (nSPS) is 12.8. The molecule has 1 atom stereocenters. The van der Waals surface area contributed by atoms with E-state index in [1.54, 1.807) is 18.2 Å². The number of aromatic hydroxyl groups is 1. The molecule has 2 aromatic rings. The minimum atomic E-state index is -0.620. The number of aliphatic hydroxyl groups excluding tert-OH is 1. The van der Waals surface area contributed by atoms with Gasteiger partial charge in [-0.15, -0.1) is 0 Å². The highest BCUT2D eigenvalue weighted by molar-refractivity contribution is 5.28. The van der Waals surface area contributed by atoms with Crippen molar-refractivity contribution in [2.24, 2.45) is 0 Å². The molecule has 0 aliphatic rings. The average Bonchev–Trinajstić information content (AvgIpc) is 2.94. The van der Waals surface area contributed by atoms with Crippen molar-refractivity contribution >= 4 is 0 Å². The SMILES string of the molecule is CCN(Cc1ccn(CC)n1)CC(O)c1cccc(O)c1. The number of phenolic OH excluding ortho intramolecular Hbond substituents is 1. The van der Waals surface area contributed by atoms with Crippen molar-refractivity contribution in [3.63, 3.8) is 0 Å². The van der Waals surface area contributed by atoms with E-state index in [1.165, 1.54) is 0 Å². The number of rotatable bonds is 7. The molecule has 1 heterocycles. The molecule has 1 unspecified atom stereocenters. The second-order valence-electron chi connectivity index (χ2n) is 5.10. The summed E-state index contributed by atoms with van der Waals surface area (Å²) in [4.78, 5) is 2.14. The van der Waals surface area contributed by atoms with Gasteiger partial charge < -0.3 is 10.2 Å². The third-order valence-electron chi connectivity index (χ3n) is 3.54. The molecule has 1 aromatic carbocycles. The van der Waals surface area contributed by atoms with Crippen molar-refractivity contribution in [2.75, 3.05) is 13.1 Å². The molecule has 21 heavy (non-hydrogen) atoms. The fraction of sp³-hybridized carbons (Fsp3) is 0.438. The number of likely N-dealkylation sites (N-methyl/N-ethyl adjacent to an activating group) is 1. The number of hydrogen-bond acceptors (Lipinski definition) is 4. The van der Waals surface area contributed by atoms with E-state index in [4.69, 9.17) is 0 Å². The number of phenols is 1. The molecule has 114 valence electrons. The van der Waals surface area contributed by atoms with Crippen LogP contribution < -0.4 is 0 Å². The molecule has 0 saturated carbocycles. The summed E-state index contributed by atoms with van der Waals surface area (Å²) in [5.41, 5.74) is 1.73. The zero-order valence-electron chi connectivity index (χ0n) is 12.6. The third kappa shape index (κ3) is 4.31. The third-order valence-corrected chi connectivity index (χ3v) is 3.54. The molecular weight excluding hydrogens is 266 g/mol. The van der Waals surface area contributed by atoms with Crippen LogP contribution in [-0.4, -0.2) is 38.0 Å². The first kappa shape index (κ1) is 15.5. The van der Waals surface area contributed by atoms with E-state index in [2.05, 4.69) is 23.8 Å². The summed E-state index contributed by atoms with van der Waals surface area (Å²) in [5.74, 6) is 0.177. The standard InChI is InChI=1S/C16H23N3O2/c1-3-18(11-14-8-9-19(4-2)17-14)12-16(21)13-6-5-7-15(20)10-13/h5-10,16,20-21H,3-4,11-12H2,1-2H3. The Morgan fingerprint density at radius 1 is 1.29 bits per heavy atom. The molecule has 0 spiro atoms. The number of nitrogens with zero attached hydrogens (tertiary/aromatic N) is 3. The van der Waals surface area contributed by atoms with Gasteiger partial charge in [0.1, 0.15) is 5.75 Å². The lowest BCUT2D eigenvalue weighted by Crippen LogP contribution is -2.28. The molecule has 0 saturated heterocycles. The smallest absolute Gasteiger partial charge is 0.115 e. The van der Waals surface area contributed by atoms with E-state index in [0.717, 1.165) is 24.3 Å². The Labute approximate surface area is 125 Å². The van der Waals surface area contributed by atoms with Gasteiger partial charge in [0.15, 0.2) is 0 Å². The van der Waals surface area contributed by atoms with Crippen LogP contribution in [0.1, 0.15) is 31.2 Å². The quantitative estimate of drug-likeness (QED) is 0.820. The average molecular weight is 289 g/mol. The Morgan fingerprint density at radius 3 is 2.71 bits per heavy atom. The molecule has 5 nitrogen and oxygen atoms in total. The maximum atomic E-state index is 10.3. The Morgan fingerprint density at radius 2 is 2.10 bits per heavy atom. The Balaban J connectivity index is 1.98. The van der Waals surface area contributed by atoms with Gasteiger partial charge >= 0.3 is 0 Å². The van der Waals surface area contributed by atoms with Gasteiger partial charge in [0, 0.05) is 25.8 Å². The van der Waals surface area contributed by atoms with Crippen LogP contribution in [0.2, 0.25) is 0 Å². The van der Waals surface area contributed by atoms with Gasteiger partial charge in [-0.2, -0.15) is 5.10 Å². The zero-order valence-corrected chi connectivity index (χ0v) is 12.6. The van der Waals surface area contributed by atoms with Crippen molar-refractivity contribution in [2.45, 2.75) is 33.0 Å². The molecule has 2 rings (SSSR count). The first-order valence-corrected chi connectivity index (χ1v) is 7.34. The van der Waals surface area contributed by atoms with Gasteiger partial charge in [0.05, 0.1) is 11.8 Å². The molecule has 5 heteroatoms. The molecule has 2 N–H and O–H groups in total. The Kier molecular flexibility index (Phi) is 5.36. The van der Waals surface area contributed by atoms with Crippen LogP contribution in [0, 0.1) is 0 Å². The minimum Gasteiger partial charge on any atom is -0.508 e. The van der Waals surface area contributed by atoms with Crippen LogP contribution in [-0.2, 0) is 13.1 Å². The first-order chi connectivity index (χ1) is 10.1. The van der Waals surface area contributed by atoms with Gasteiger partial charge in [-0.3, -0.25) is 9.58 Å². The molecule has 0 amide bonds. The zero-order chi connectivity index (χ0) is 15.2. The summed E-state index contributed by atoms with van der Waals surface area (Å²) in [6, 6.07) is 8.78. The summed E-state index contributed by atoms with van der Waals surface area (Å²) in [6.07, 6.45) is 1.35. The predicted molar refractivity (Wildman–Crippen MR) is 81.9 cm³/mol. The van der Waals surface area contributed by atoms with Crippen LogP contribution >= 0.6 is 0 Å². The fourth-order valence-electron chi connectivity index (χ4n) is 2.28. The van der Waals surface area contributed by atoms with Crippen LogP contribution in [0.4, 0.5) is 0 Å². The van der Waals surface area contributed by atoms with Crippen LogP contribution in [0.25, 0.3) is 0 Å². The largest absolute Gasteiger partial charge is 0.508 e. The number of benzene rings is 1. The van der Waals surface area contributed by atoms with E-state index in [9.17, 15) is 10.2 Å². The summed E-state index contributed by atoms with van der Waals surface area (Å²) >= 11 is 0. The van der Waals surface area contributed by atoms with Crippen molar-refractivity contribution in [3.8, 4) is 5.75 Å².